The minimum Gasteiger partial charge on any atom is -0.497 e. The van der Waals surface area contributed by atoms with Crippen molar-refractivity contribution >= 4 is 11.8 Å². The fraction of sp³-hybridized carbons (Fsp3) is 0.440. The van der Waals surface area contributed by atoms with E-state index in [1.165, 1.54) is 0 Å². The Morgan fingerprint density at radius 3 is 2.41 bits per heavy atom. The number of methoxy groups -OCH3 is 2. The van der Waals surface area contributed by atoms with Crippen molar-refractivity contribution in [3.63, 3.8) is 0 Å². The molecule has 7 nitrogen and oxygen atoms in total. The standard InChI is InChI=1S/C25H33N3O4/c1-18-7-5-6-8-20(18)15-25(30)28-13-11-27(12-14-28)17-24(29)26-19(2)22-16-21(31-3)9-10-23(22)32-4/h5-10,16,19H,11-15,17H2,1-4H3,(H,26,29). The zero-order valence-electron chi connectivity index (χ0n) is 19.4. The van der Waals surface area contributed by atoms with Gasteiger partial charge in [0.1, 0.15) is 11.5 Å². The molecule has 0 radical (unpaired) electrons. The van der Waals surface area contributed by atoms with Gasteiger partial charge in [-0.05, 0) is 43.2 Å². The van der Waals surface area contributed by atoms with Crippen molar-refractivity contribution < 1.29 is 19.1 Å². The summed E-state index contributed by atoms with van der Waals surface area (Å²) in [6.07, 6.45) is 0.424. The molecule has 0 spiro atoms. The molecule has 0 bridgehead atoms. The molecule has 1 fully saturated rings. The minimum absolute atomic E-state index is 0.0536. The third-order valence-electron chi connectivity index (χ3n) is 5.98. The molecule has 1 N–H and O–H groups in total. The highest BCUT2D eigenvalue weighted by molar-refractivity contribution is 5.80. The molecule has 2 amide bonds. The molecule has 1 unspecified atom stereocenters. The van der Waals surface area contributed by atoms with Gasteiger partial charge in [0.05, 0.1) is 33.2 Å². The zero-order valence-corrected chi connectivity index (χ0v) is 19.4. The Morgan fingerprint density at radius 2 is 1.75 bits per heavy atom. The molecule has 2 aromatic rings. The van der Waals surface area contributed by atoms with Crippen molar-refractivity contribution in [2.24, 2.45) is 0 Å². The van der Waals surface area contributed by atoms with Gasteiger partial charge >= 0.3 is 0 Å². The Morgan fingerprint density at radius 1 is 1.03 bits per heavy atom. The van der Waals surface area contributed by atoms with E-state index in [4.69, 9.17) is 9.47 Å². The molecule has 7 heteroatoms. The summed E-state index contributed by atoms with van der Waals surface area (Å²) in [5, 5.41) is 3.05. The molecular weight excluding hydrogens is 406 g/mol. The topological polar surface area (TPSA) is 71.1 Å². The van der Waals surface area contributed by atoms with Crippen LogP contribution in [0.2, 0.25) is 0 Å². The predicted octanol–water partition coefficient (Wildman–Crippen LogP) is 2.58. The summed E-state index contributed by atoms with van der Waals surface area (Å²) in [5.41, 5.74) is 3.08. The van der Waals surface area contributed by atoms with Gasteiger partial charge in [0.25, 0.3) is 0 Å². The van der Waals surface area contributed by atoms with E-state index >= 15 is 0 Å². The van der Waals surface area contributed by atoms with Crippen LogP contribution in [0.5, 0.6) is 11.5 Å². The van der Waals surface area contributed by atoms with Crippen LogP contribution < -0.4 is 14.8 Å². The first-order valence-corrected chi connectivity index (χ1v) is 11.0. The van der Waals surface area contributed by atoms with E-state index in [0.717, 1.165) is 16.7 Å². The van der Waals surface area contributed by atoms with Crippen molar-refractivity contribution in [3.05, 3.63) is 59.2 Å². The lowest BCUT2D eigenvalue weighted by Crippen LogP contribution is -2.51. The van der Waals surface area contributed by atoms with Gasteiger partial charge < -0.3 is 19.7 Å². The summed E-state index contributed by atoms with van der Waals surface area (Å²) in [7, 11) is 3.22. The van der Waals surface area contributed by atoms with Crippen LogP contribution in [0.3, 0.4) is 0 Å². The molecule has 1 heterocycles. The van der Waals surface area contributed by atoms with Crippen LogP contribution in [0.25, 0.3) is 0 Å². The van der Waals surface area contributed by atoms with Gasteiger partial charge in [-0.15, -0.1) is 0 Å². The van der Waals surface area contributed by atoms with Gasteiger partial charge in [-0.3, -0.25) is 14.5 Å². The van der Waals surface area contributed by atoms with Crippen LogP contribution >= 0.6 is 0 Å². The molecule has 1 atom stereocenters. The summed E-state index contributed by atoms with van der Waals surface area (Å²) in [5.74, 6) is 1.51. The van der Waals surface area contributed by atoms with E-state index in [1.807, 2.05) is 61.2 Å². The van der Waals surface area contributed by atoms with Crippen molar-refractivity contribution in [2.75, 3.05) is 46.9 Å². The smallest absolute Gasteiger partial charge is 0.234 e. The first-order chi connectivity index (χ1) is 15.4. The molecule has 32 heavy (non-hydrogen) atoms. The molecule has 1 aliphatic heterocycles. The maximum Gasteiger partial charge on any atom is 0.234 e. The van der Waals surface area contributed by atoms with E-state index in [1.54, 1.807) is 14.2 Å². The summed E-state index contributed by atoms with van der Waals surface area (Å²) >= 11 is 0. The Hall–Kier alpha value is -3.06. The van der Waals surface area contributed by atoms with E-state index in [9.17, 15) is 9.59 Å². The fourth-order valence-corrected chi connectivity index (χ4v) is 3.98. The lowest BCUT2D eigenvalue weighted by molar-refractivity contribution is -0.132. The lowest BCUT2D eigenvalue weighted by Gasteiger charge is -2.34. The molecular formula is C25H33N3O4. The largest absolute Gasteiger partial charge is 0.497 e. The predicted molar refractivity (Wildman–Crippen MR) is 124 cm³/mol. The number of nitrogens with zero attached hydrogens (tertiary/aromatic N) is 2. The van der Waals surface area contributed by atoms with Gasteiger partial charge in [-0.25, -0.2) is 0 Å². The second-order valence-electron chi connectivity index (χ2n) is 8.16. The summed E-state index contributed by atoms with van der Waals surface area (Å²) in [6.45, 7) is 6.90. The normalized spacial score (nSPS) is 15.2. The van der Waals surface area contributed by atoms with Crippen molar-refractivity contribution in [1.82, 2.24) is 15.1 Å². The average molecular weight is 440 g/mol. The highest BCUT2D eigenvalue weighted by Crippen LogP contribution is 2.29. The molecule has 172 valence electrons. The van der Waals surface area contributed by atoms with E-state index in [-0.39, 0.29) is 17.9 Å². The minimum atomic E-state index is -0.218. The van der Waals surface area contributed by atoms with Crippen LogP contribution in [0.15, 0.2) is 42.5 Å². The third kappa shape index (κ3) is 6.01. The Kier molecular flexibility index (Phi) is 8.11. The maximum absolute atomic E-state index is 12.7. The third-order valence-corrected chi connectivity index (χ3v) is 5.98. The maximum atomic E-state index is 12.7. The quantitative estimate of drug-likeness (QED) is 0.685. The number of hydrogen-bond donors (Lipinski definition) is 1. The average Bonchev–Trinajstić information content (AvgIpc) is 2.80. The van der Waals surface area contributed by atoms with Gasteiger partial charge in [-0.2, -0.15) is 0 Å². The molecule has 3 rings (SSSR count). The number of carbonyl (C=O) groups is 2. The molecule has 1 aliphatic rings. The van der Waals surface area contributed by atoms with Gasteiger partial charge in [0.15, 0.2) is 0 Å². The van der Waals surface area contributed by atoms with E-state index in [0.29, 0.717) is 50.6 Å². The number of benzene rings is 2. The summed E-state index contributed by atoms with van der Waals surface area (Å²) in [4.78, 5) is 29.3. The number of hydrogen-bond acceptors (Lipinski definition) is 5. The highest BCUT2D eigenvalue weighted by Gasteiger charge is 2.23. The van der Waals surface area contributed by atoms with Crippen molar-refractivity contribution in [2.45, 2.75) is 26.3 Å². The van der Waals surface area contributed by atoms with Crippen LogP contribution in [0, 0.1) is 6.92 Å². The number of rotatable bonds is 8. The van der Waals surface area contributed by atoms with Crippen molar-refractivity contribution in [3.8, 4) is 11.5 Å². The number of piperazine rings is 1. The van der Waals surface area contributed by atoms with Crippen LogP contribution in [-0.2, 0) is 16.0 Å². The number of ether oxygens (including phenoxy) is 2. The molecule has 0 aliphatic carbocycles. The summed E-state index contributed by atoms with van der Waals surface area (Å²) < 4.78 is 10.7. The van der Waals surface area contributed by atoms with Gasteiger partial charge in [-0.1, -0.05) is 24.3 Å². The monoisotopic (exact) mass is 439 g/mol. The molecule has 0 aromatic heterocycles. The molecule has 2 aromatic carbocycles. The number of aryl methyl sites for hydroxylation is 1. The lowest BCUT2D eigenvalue weighted by atomic mass is 10.1. The summed E-state index contributed by atoms with van der Waals surface area (Å²) in [6, 6.07) is 13.3. The number of nitrogens with one attached hydrogen (secondary N) is 1. The van der Waals surface area contributed by atoms with E-state index < -0.39 is 0 Å². The Balaban J connectivity index is 1.48. The zero-order chi connectivity index (χ0) is 23.1. The Bertz CT molecular complexity index is 939. The SMILES string of the molecule is COc1ccc(OC)c(C(C)NC(=O)CN2CCN(C(=O)Cc3ccccc3C)CC2)c1. The second kappa shape index (κ2) is 11.0. The molecule has 0 saturated carbocycles. The second-order valence-corrected chi connectivity index (χ2v) is 8.16. The van der Waals surface area contributed by atoms with Crippen LogP contribution in [-0.4, -0.2) is 68.6 Å². The van der Waals surface area contributed by atoms with Crippen LogP contribution in [0.4, 0.5) is 0 Å². The van der Waals surface area contributed by atoms with Crippen molar-refractivity contribution in [1.29, 1.82) is 0 Å². The van der Waals surface area contributed by atoms with Crippen LogP contribution in [0.1, 0.15) is 29.7 Å². The number of carbonyl (C=O) groups excluding carboxylic acids is 2. The molecule has 1 saturated heterocycles. The first kappa shape index (κ1) is 23.6. The van der Waals surface area contributed by atoms with Gasteiger partial charge in [0, 0.05) is 31.7 Å². The Labute approximate surface area is 190 Å². The first-order valence-electron chi connectivity index (χ1n) is 11.0. The van der Waals surface area contributed by atoms with E-state index in [2.05, 4.69) is 10.2 Å². The number of amides is 2. The fourth-order valence-electron chi connectivity index (χ4n) is 3.98. The van der Waals surface area contributed by atoms with Gasteiger partial charge in [0.2, 0.25) is 11.8 Å². The highest BCUT2D eigenvalue weighted by atomic mass is 16.5.